The summed E-state index contributed by atoms with van der Waals surface area (Å²) < 4.78 is 0. The Kier molecular flexibility index (Phi) is 8.84. The first-order chi connectivity index (χ1) is 7.16. The van der Waals surface area contributed by atoms with Gasteiger partial charge in [-0.15, -0.1) is 0 Å². The summed E-state index contributed by atoms with van der Waals surface area (Å²) in [6, 6.07) is 0. The quantitative estimate of drug-likeness (QED) is 0.390. The zero-order chi connectivity index (χ0) is 11.5. The van der Waals surface area contributed by atoms with Crippen molar-refractivity contribution in [2.45, 2.75) is 40.0 Å². The van der Waals surface area contributed by atoms with Gasteiger partial charge in [-0.3, -0.25) is 4.79 Å². The van der Waals surface area contributed by atoms with Gasteiger partial charge in [-0.05, 0) is 31.3 Å². The van der Waals surface area contributed by atoms with Crippen LogP contribution in [-0.2, 0) is 4.79 Å². The van der Waals surface area contributed by atoms with Crippen molar-refractivity contribution in [1.82, 2.24) is 5.32 Å². The number of rotatable bonds is 7. The van der Waals surface area contributed by atoms with E-state index in [0.29, 0.717) is 5.92 Å². The first-order valence-electron chi connectivity index (χ1n) is 5.76. The number of hydrogen-bond donors (Lipinski definition) is 1. The third kappa shape index (κ3) is 10.9. The molecule has 0 aromatic heterocycles. The summed E-state index contributed by atoms with van der Waals surface area (Å²) >= 11 is 0. The van der Waals surface area contributed by atoms with E-state index in [1.54, 1.807) is 6.08 Å². The van der Waals surface area contributed by atoms with Crippen LogP contribution >= 0.6 is 0 Å². The van der Waals surface area contributed by atoms with E-state index in [9.17, 15) is 4.79 Å². The van der Waals surface area contributed by atoms with Crippen LogP contribution in [0.15, 0.2) is 24.3 Å². The van der Waals surface area contributed by atoms with Crippen molar-refractivity contribution >= 4 is 5.91 Å². The highest BCUT2D eigenvalue weighted by atomic mass is 16.1. The summed E-state index contributed by atoms with van der Waals surface area (Å²) in [6.07, 6.45) is 10.9. The number of unbranched alkanes of at least 4 members (excludes halogenated alkanes) is 1. The smallest absolute Gasteiger partial charge is 0.243 e. The lowest BCUT2D eigenvalue weighted by Crippen LogP contribution is -2.25. The molecule has 0 aliphatic carbocycles. The van der Waals surface area contributed by atoms with Crippen molar-refractivity contribution in [3.63, 3.8) is 0 Å². The number of nitrogens with one attached hydrogen (secondary N) is 1. The van der Waals surface area contributed by atoms with E-state index in [1.807, 2.05) is 6.08 Å². The molecule has 2 nitrogen and oxygen atoms in total. The van der Waals surface area contributed by atoms with Gasteiger partial charge < -0.3 is 5.32 Å². The highest BCUT2D eigenvalue weighted by Crippen LogP contribution is 1.94. The highest BCUT2D eigenvalue weighted by molar-refractivity contribution is 5.87. The van der Waals surface area contributed by atoms with Gasteiger partial charge in [-0.2, -0.15) is 0 Å². The molecule has 0 unspecified atom stereocenters. The van der Waals surface area contributed by atoms with Crippen LogP contribution < -0.4 is 5.32 Å². The van der Waals surface area contributed by atoms with E-state index in [-0.39, 0.29) is 5.91 Å². The largest absolute Gasteiger partial charge is 0.352 e. The van der Waals surface area contributed by atoms with Crippen molar-refractivity contribution in [1.29, 1.82) is 0 Å². The van der Waals surface area contributed by atoms with Crippen LogP contribution in [0.25, 0.3) is 0 Å². The van der Waals surface area contributed by atoms with Crippen LogP contribution in [0.5, 0.6) is 0 Å². The number of carbonyl (C=O) groups is 1. The molecule has 0 aromatic carbocycles. The van der Waals surface area contributed by atoms with Gasteiger partial charge in [0.25, 0.3) is 0 Å². The predicted molar refractivity (Wildman–Crippen MR) is 65.7 cm³/mol. The lowest BCUT2D eigenvalue weighted by molar-refractivity contribution is -0.116. The molecule has 1 N–H and O–H groups in total. The Morgan fingerprint density at radius 3 is 2.47 bits per heavy atom. The second kappa shape index (κ2) is 9.50. The van der Waals surface area contributed by atoms with Gasteiger partial charge >= 0.3 is 0 Å². The Morgan fingerprint density at radius 1 is 1.20 bits per heavy atom. The second-order valence-corrected chi connectivity index (χ2v) is 4.00. The minimum absolute atomic E-state index is 0.0168. The van der Waals surface area contributed by atoms with Crippen molar-refractivity contribution in [3.05, 3.63) is 24.3 Å². The normalized spacial score (nSPS) is 11.7. The third-order valence-corrected chi connectivity index (χ3v) is 1.86. The van der Waals surface area contributed by atoms with Crippen LogP contribution in [0.2, 0.25) is 0 Å². The fraction of sp³-hybridized carbons (Fsp3) is 0.615. The lowest BCUT2D eigenvalue weighted by atomic mass is 10.2. The van der Waals surface area contributed by atoms with Gasteiger partial charge in [0, 0.05) is 6.54 Å². The average molecular weight is 209 g/mol. The Labute approximate surface area is 93.5 Å². The van der Waals surface area contributed by atoms with Crippen molar-refractivity contribution in [2.24, 2.45) is 5.92 Å². The summed E-state index contributed by atoms with van der Waals surface area (Å²) in [7, 11) is 0. The Balaban J connectivity index is 3.50. The molecule has 0 fully saturated rings. The Bertz CT molecular complexity index is 217. The molecule has 0 saturated carbocycles. The lowest BCUT2D eigenvalue weighted by Gasteiger charge is -2.03. The van der Waals surface area contributed by atoms with Crippen LogP contribution in [-0.4, -0.2) is 12.5 Å². The van der Waals surface area contributed by atoms with Gasteiger partial charge in [0.05, 0.1) is 0 Å². The molecule has 2 heteroatoms. The molecule has 86 valence electrons. The molecule has 15 heavy (non-hydrogen) atoms. The van der Waals surface area contributed by atoms with Gasteiger partial charge in [0.2, 0.25) is 5.91 Å². The zero-order valence-electron chi connectivity index (χ0n) is 10.1. The number of amides is 1. The first-order valence-corrected chi connectivity index (χ1v) is 5.76. The van der Waals surface area contributed by atoms with E-state index in [4.69, 9.17) is 0 Å². The molecule has 1 amide bonds. The Morgan fingerprint density at radius 2 is 1.87 bits per heavy atom. The molecular formula is C13H23NO. The Hall–Kier alpha value is -1.05. The average Bonchev–Trinajstić information content (AvgIpc) is 2.20. The summed E-state index contributed by atoms with van der Waals surface area (Å²) in [6.45, 7) is 7.03. The summed E-state index contributed by atoms with van der Waals surface area (Å²) in [5.74, 6) is 0.526. The van der Waals surface area contributed by atoms with E-state index >= 15 is 0 Å². The molecule has 0 saturated heterocycles. The highest BCUT2D eigenvalue weighted by Gasteiger charge is 1.96. The van der Waals surface area contributed by atoms with E-state index in [2.05, 4.69) is 38.2 Å². The maximum atomic E-state index is 11.2. The number of hydrogen-bond acceptors (Lipinski definition) is 1. The van der Waals surface area contributed by atoms with Crippen molar-refractivity contribution in [3.8, 4) is 0 Å². The van der Waals surface area contributed by atoms with E-state index in [0.717, 1.165) is 25.8 Å². The second-order valence-electron chi connectivity index (χ2n) is 4.00. The molecule has 0 radical (unpaired) electrons. The van der Waals surface area contributed by atoms with Crippen LogP contribution in [0, 0.1) is 5.92 Å². The standard InChI is InChI=1S/C13H23NO/c1-4-5-6-7-8-9-10-13(15)14-11-12(2)3/h5-6,9-10,12H,4,7-8,11H2,1-3H3,(H,14,15)/b6-5+,10-9+. The molecule has 0 spiro atoms. The third-order valence-electron chi connectivity index (χ3n) is 1.86. The molecule has 0 aliphatic heterocycles. The molecule has 0 atom stereocenters. The van der Waals surface area contributed by atoms with Crippen LogP contribution in [0.3, 0.4) is 0 Å². The monoisotopic (exact) mass is 209 g/mol. The molecule has 0 rings (SSSR count). The van der Waals surface area contributed by atoms with E-state index in [1.165, 1.54) is 0 Å². The van der Waals surface area contributed by atoms with Crippen molar-refractivity contribution < 1.29 is 4.79 Å². The maximum Gasteiger partial charge on any atom is 0.243 e. The summed E-state index contributed by atoms with van der Waals surface area (Å²) in [4.78, 5) is 11.2. The SMILES string of the molecule is CC/C=C/CC/C=C/C(=O)NCC(C)C. The van der Waals surface area contributed by atoms with E-state index < -0.39 is 0 Å². The van der Waals surface area contributed by atoms with Crippen molar-refractivity contribution in [2.75, 3.05) is 6.54 Å². The van der Waals surface area contributed by atoms with Crippen LogP contribution in [0.1, 0.15) is 40.0 Å². The van der Waals surface area contributed by atoms with Gasteiger partial charge in [-0.1, -0.05) is 39.0 Å². The van der Waals surface area contributed by atoms with Gasteiger partial charge in [0.15, 0.2) is 0 Å². The molecule has 0 heterocycles. The van der Waals surface area contributed by atoms with Crippen LogP contribution in [0.4, 0.5) is 0 Å². The molecule has 0 aromatic rings. The maximum absolute atomic E-state index is 11.2. The topological polar surface area (TPSA) is 29.1 Å². The fourth-order valence-corrected chi connectivity index (χ4v) is 1.03. The molecular weight excluding hydrogens is 186 g/mol. The van der Waals surface area contributed by atoms with Gasteiger partial charge in [-0.25, -0.2) is 0 Å². The summed E-state index contributed by atoms with van der Waals surface area (Å²) in [5.41, 5.74) is 0. The van der Waals surface area contributed by atoms with Gasteiger partial charge in [0.1, 0.15) is 0 Å². The number of carbonyl (C=O) groups excluding carboxylic acids is 1. The predicted octanol–water partition coefficient (Wildman–Crippen LogP) is 3.06. The first kappa shape index (κ1) is 13.9. The molecule has 0 bridgehead atoms. The fourth-order valence-electron chi connectivity index (χ4n) is 1.03. The molecule has 0 aliphatic rings. The number of allylic oxidation sites excluding steroid dienone is 3. The minimum Gasteiger partial charge on any atom is -0.352 e. The zero-order valence-corrected chi connectivity index (χ0v) is 10.1. The summed E-state index contributed by atoms with van der Waals surface area (Å²) in [5, 5.41) is 2.84. The minimum atomic E-state index is 0.0168.